The molecule has 3 aromatic rings. The number of carbonyl (C=O) groups is 1. The Morgan fingerprint density at radius 2 is 1.24 bits per heavy atom. The summed E-state index contributed by atoms with van der Waals surface area (Å²) < 4.78 is 0. The third-order valence-corrected chi connectivity index (χ3v) is 4.57. The Kier molecular flexibility index (Phi) is 4.32. The van der Waals surface area contributed by atoms with E-state index < -0.39 is 0 Å². The molecule has 3 aromatic carbocycles. The second-order valence-electron chi connectivity index (χ2n) is 6.21. The van der Waals surface area contributed by atoms with Crippen molar-refractivity contribution in [1.29, 1.82) is 0 Å². The van der Waals surface area contributed by atoms with Crippen LogP contribution in [0, 0.1) is 0 Å². The summed E-state index contributed by atoms with van der Waals surface area (Å²) in [5.41, 5.74) is 3.18. The maximum Gasteiger partial charge on any atom is 0.334 e. The summed E-state index contributed by atoms with van der Waals surface area (Å²) >= 11 is 0. The van der Waals surface area contributed by atoms with Gasteiger partial charge in [-0.15, -0.1) is 5.06 Å². The Hall–Kier alpha value is -2.91. The Bertz CT molecular complexity index is 834. The van der Waals surface area contributed by atoms with Crippen LogP contribution in [0.2, 0.25) is 0 Å². The van der Waals surface area contributed by atoms with Crippen LogP contribution < -0.4 is 0 Å². The van der Waals surface area contributed by atoms with E-state index in [-0.39, 0.29) is 17.9 Å². The molecule has 0 radical (unpaired) electrons. The molecular formula is C22H19NO2. The fraction of sp³-hybridized carbons (Fsp3) is 0.136. The molecule has 0 saturated carbocycles. The smallest absolute Gasteiger partial charge is 0.334 e. The lowest BCUT2D eigenvalue weighted by Crippen LogP contribution is -2.23. The molecule has 0 N–H and O–H groups in total. The van der Waals surface area contributed by atoms with Gasteiger partial charge < -0.3 is 4.84 Å². The SMILES string of the molecule is O=C1ON(Cc2ccccc2)[C@@H](c2ccccc2)[C@@H]1c1ccccc1. The lowest BCUT2D eigenvalue weighted by molar-refractivity contribution is -0.178. The van der Waals surface area contributed by atoms with Gasteiger partial charge in [-0.05, 0) is 16.7 Å². The molecular weight excluding hydrogens is 310 g/mol. The summed E-state index contributed by atoms with van der Waals surface area (Å²) in [6.07, 6.45) is 0. The molecule has 25 heavy (non-hydrogen) atoms. The minimum Gasteiger partial charge on any atom is -0.366 e. The molecule has 0 unspecified atom stereocenters. The first-order chi connectivity index (χ1) is 12.3. The van der Waals surface area contributed by atoms with Gasteiger partial charge in [-0.2, -0.15) is 0 Å². The summed E-state index contributed by atoms with van der Waals surface area (Å²) in [6, 6.07) is 29.9. The first kappa shape index (κ1) is 15.6. The number of benzene rings is 3. The van der Waals surface area contributed by atoms with Crippen molar-refractivity contribution in [3.63, 3.8) is 0 Å². The van der Waals surface area contributed by atoms with Gasteiger partial charge in [-0.1, -0.05) is 91.0 Å². The molecule has 1 aliphatic heterocycles. The summed E-state index contributed by atoms with van der Waals surface area (Å²) in [5.74, 6) is -0.525. The molecule has 0 aromatic heterocycles. The Balaban J connectivity index is 1.73. The predicted molar refractivity (Wildman–Crippen MR) is 96.4 cm³/mol. The van der Waals surface area contributed by atoms with Gasteiger partial charge >= 0.3 is 5.97 Å². The van der Waals surface area contributed by atoms with Gasteiger partial charge in [0, 0.05) is 0 Å². The second-order valence-corrected chi connectivity index (χ2v) is 6.21. The lowest BCUT2D eigenvalue weighted by atomic mass is 9.87. The van der Waals surface area contributed by atoms with Crippen LogP contribution in [0.5, 0.6) is 0 Å². The van der Waals surface area contributed by atoms with Crippen LogP contribution >= 0.6 is 0 Å². The highest BCUT2D eigenvalue weighted by atomic mass is 16.7. The van der Waals surface area contributed by atoms with Gasteiger partial charge in [0.2, 0.25) is 0 Å². The number of nitrogens with zero attached hydrogens (tertiary/aromatic N) is 1. The molecule has 1 saturated heterocycles. The van der Waals surface area contributed by atoms with E-state index in [9.17, 15) is 4.79 Å². The van der Waals surface area contributed by atoms with Gasteiger partial charge in [0.25, 0.3) is 0 Å². The Labute approximate surface area is 147 Å². The van der Waals surface area contributed by atoms with Crippen molar-refractivity contribution in [2.75, 3.05) is 0 Å². The van der Waals surface area contributed by atoms with Crippen molar-refractivity contribution in [3.05, 3.63) is 108 Å². The third-order valence-electron chi connectivity index (χ3n) is 4.57. The number of rotatable bonds is 4. The zero-order chi connectivity index (χ0) is 17.1. The van der Waals surface area contributed by atoms with Crippen LogP contribution in [0.3, 0.4) is 0 Å². The van der Waals surface area contributed by atoms with E-state index in [1.54, 1.807) is 0 Å². The average molecular weight is 329 g/mol. The van der Waals surface area contributed by atoms with Crippen molar-refractivity contribution in [3.8, 4) is 0 Å². The molecule has 0 amide bonds. The van der Waals surface area contributed by atoms with Crippen LogP contribution in [0.1, 0.15) is 28.7 Å². The maximum absolute atomic E-state index is 12.7. The normalized spacial score (nSPS) is 20.4. The minimum absolute atomic E-state index is 0.142. The summed E-state index contributed by atoms with van der Waals surface area (Å²) in [5, 5.41) is 1.81. The zero-order valence-corrected chi connectivity index (χ0v) is 13.8. The van der Waals surface area contributed by atoms with Crippen LogP contribution in [0.25, 0.3) is 0 Å². The molecule has 1 fully saturated rings. The quantitative estimate of drug-likeness (QED) is 0.706. The van der Waals surface area contributed by atoms with E-state index in [1.165, 1.54) is 0 Å². The summed E-state index contributed by atoms with van der Waals surface area (Å²) in [7, 11) is 0. The summed E-state index contributed by atoms with van der Waals surface area (Å²) in [6.45, 7) is 0.565. The van der Waals surface area contributed by atoms with Crippen molar-refractivity contribution in [2.24, 2.45) is 0 Å². The van der Waals surface area contributed by atoms with Gasteiger partial charge in [0.05, 0.1) is 12.6 Å². The zero-order valence-electron chi connectivity index (χ0n) is 13.8. The van der Waals surface area contributed by atoms with E-state index >= 15 is 0 Å². The minimum atomic E-state index is -0.327. The molecule has 0 bridgehead atoms. The van der Waals surface area contributed by atoms with Gasteiger partial charge in [0.1, 0.15) is 5.92 Å². The Morgan fingerprint density at radius 3 is 1.84 bits per heavy atom. The second kappa shape index (κ2) is 6.91. The van der Waals surface area contributed by atoms with E-state index in [4.69, 9.17) is 4.84 Å². The van der Waals surface area contributed by atoms with E-state index in [1.807, 2.05) is 83.9 Å². The standard InChI is InChI=1S/C22H19NO2/c24-22-20(18-12-6-2-7-13-18)21(19-14-8-3-9-15-19)23(25-22)16-17-10-4-1-5-11-17/h1-15,20-21H,16H2/t20-,21-/m0/s1. The fourth-order valence-corrected chi connectivity index (χ4v) is 3.41. The van der Waals surface area contributed by atoms with Crippen LogP contribution in [0.4, 0.5) is 0 Å². The van der Waals surface area contributed by atoms with Gasteiger partial charge in [0.15, 0.2) is 0 Å². The Morgan fingerprint density at radius 1 is 0.720 bits per heavy atom. The van der Waals surface area contributed by atoms with Crippen molar-refractivity contribution in [1.82, 2.24) is 5.06 Å². The number of carbonyl (C=O) groups excluding carboxylic acids is 1. The molecule has 1 aliphatic rings. The van der Waals surface area contributed by atoms with Crippen LogP contribution in [-0.4, -0.2) is 11.0 Å². The van der Waals surface area contributed by atoms with Gasteiger partial charge in [-0.25, -0.2) is 4.79 Å². The fourth-order valence-electron chi connectivity index (χ4n) is 3.41. The van der Waals surface area contributed by atoms with Crippen molar-refractivity contribution >= 4 is 5.97 Å². The monoisotopic (exact) mass is 329 g/mol. The van der Waals surface area contributed by atoms with Crippen molar-refractivity contribution < 1.29 is 9.63 Å². The first-order valence-electron chi connectivity index (χ1n) is 8.45. The molecule has 124 valence electrons. The van der Waals surface area contributed by atoms with Crippen LogP contribution in [0.15, 0.2) is 91.0 Å². The third kappa shape index (κ3) is 3.19. The maximum atomic E-state index is 12.7. The number of hydrogen-bond donors (Lipinski definition) is 0. The highest BCUT2D eigenvalue weighted by Gasteiger charge is 2.45. The molecule has 3 heteroatoms. The van der Waals surface area contributed by atoms with Crippen molar-refractivity contribution in [2.45, 2.75) is 18.5 Å². The topological polar surface area (TPSA) is 29.5 Å². The summed E-state index contributed by atoms with van der Waals surface area (Å²) in [4.78, 5) is 18.4. The van der Waals surface area contributed by atoms with Gasteiger partial charge in [-0.3, -0.25) is 0 Å². The molecule has 3 nitrogen and oxygen atoms in total. The highest BCUT2D eigenvalue weighted by molar-refractivity contribution is 5.81. The molecule has 0 aliphatic carbocycles. The predicted octanol–water partition coefficient (Wildman–Crippen LogP) is 4.49. The van der Waals surface area contributed by atoms with Crippen LogP contribution in [-0.2, 0) is 16.2 Å². The highest BCUT2D eigenvalue weighted by Crippen LogP contribution is 2.43. The lowest BCUT2D eigenvalue weighted by Gasteiger charge is -2.24. The molecule has 2 atom stereocenters. The van der Waals surface area contributed by atoms with E-state index in [0.29, 0.717) is 6.54 Å². The molecule has 4 rings (SSSR count). The molecule has 1 heterocycles. The number of hydroxylamine groups is 2. The van der Waals surface area contributed by atoms with E-state index in [2.05, 4.69) is 12.1 Å². The molecule has 0 spiro atoms. The average Bonchev–Trinajstić information content (AvgIpc) is 2.99. The number of hydrogen-bond acceptors (Lipinski definition) is 3. The van der Waals surface area contributed by atoms with E-state index in [0.717, 1.165) is 16.7 Å². The largest absolute Gasteiger partial charge is 0.366 e. The first-order valence-corrected chi connectivity index (χ1v) is 8.45.